The molecule has 2 aromatic rings. The van der Waals surface area contributed by atoms with E-state index < -0.39 is 5.97 Å². The summed E-state index contributed by atoms with van der Waals surface area (Å²) in [5, 5.41) is 9.00. The summed E-state index contributed by atoms with van der Waals surface area (Å²) in [7, 11) is 3.03. The molecule has 0 saturated heterocycles. The van der Waals surface area contributed by atoms with Gasteiger partial charge in [-0.2, -0.15) is 0 Å². The number of aromatic nitrogens is 2. The van der Waals surface area contributed by atoms with Crippen molar-refractivity contribution in [3.8, 4) is 22.9 Å². The molecule has 7 heteroatoms. The second kappa shape index (κ2) is 5.75. The predicted molar refractivity (Wildman–Crippen MR) is 72.5 cm³/mol. The molecule has 0 unspecified atom stereocenters. The van der Waals surface area contributed by atoms with Gasteiger partial charge in [-0.1, -0.05) is 11.6 Å². The van der Waals surface area contributed by atoms with Crippen LogP contribution in [0.1, 0.15) is 10.5 Å². The average molecular weight is 295 g/mol. The molecule has 20 heavy (non-hydrogen) atoms. The summed E-state index contributed by atoms with van der Waals surface area (Å²) in [6.07, 6.45) is 1.25. The van der Waals surface area contributed by atoms with Gasteiger partial charge in [0.2, 0.25) is 0 Å². The highest BCUT2D eigenvalue weighted by Gasteiger charge is 2.16. The quantitative estimate of drug-likeness (QED) is 0.933. The number of carboxylic acids is 1. The standard InChI is InChI=1S/C13H11ClN2O4/c1-19-7-3-4-8(10(5-7)20-2)12-15-6-9(14)11(16-12)13(17)18/h3-6H,1-2H3,(H,17,18). The molecule has 0 aliphatic heterocycles. The van der Waals surface area contributed by atoms with Crippen molar-refractivity contribution in [3.63, 3.8) is 0 Å². The summed E-state index contributed by atoms with van der Waals surface area (Å²) in [5.41, 5.74) is 0.294. The van der Waals surface area contributed by atoms with Gasteiger partial charge in [0.15, 0.2) is 11.5 Å². The Balaban J connectivity index is 2.56. The summed E-state index contributed by atoms with van der Waals surface area (Å²) in [5.74, 6) is 0.0819. The minimum absolute atomic E-state index is 0.0197. The Hall–Kier alpha value is -2.34. The van der Waals surface area contributed by atoms with Crippen LogP contribution >= 0.6 is 11.6 Å². The second-order valence-electron chi connectivity index (χ2n) is 3.76. The fourth-order valence-corrected chi connectivity index (χ4v) is 1.80. The van der Waals surface area contributed by atoms with Crippen molar-refractivity contribution in [3.05, 3.63) is 35.1 Å². The van der Waals surface area contributed by atoms with E-state index >= 15 is 0 Å². The van der Waals surface area contributed by atoms with Crippen molar-refractivity contribution in [2.45, 2.75) is 0 Å². The maximum Gasteiger partial charge on any atom is 0.356 e. The summed E-state index contributed by atoms with van der Waals surface area (Å²) in [6.45, 7) is 0. The lowest BCUT2D eigenvalue weighted by atomic mass is 10.1. The van der Waals surface area contributed by atoms with Crippen molar-refractivity contribution < 1.29 is 19.4 Å². The van der Waals surface area contributed by atoms with E-state index in [1.165, 1.54) is 20.4 Å². The lowest BCUT2D eigenvalue weighted by molar-refractivity contribution is 0.0690. The number of nitrogens with zero attached hydrogens (tertiary/aromatic N) is 2. The van der Waals surface area contributed by atoms with Crippen molar-refractivity contribution in [1.82, 2.24) is 9.97 Å². The number of carboxylic acid groups (broad SMARTS) is 1. The summed E-state index contributed by atoms with van der Waals surface area (Å²) < 4.78 is 10.3. The molecule has 1 heterocycles. The van der Waals surface area contributed by atoms with Crippen LogP contribution in [0.5, 0.6) is 11.5 Å². The zero-order valence-electron chi connectivity index (χ0n) is 10.8. The van der Waals surface area contributed by atoms with Gasteiger partial charge in [0.1, 0.15) is 11.5 Å². The fraction of sp³-hybridized carbons (Fsp3) is 0.154. The van der Waals surface area contributed by atoms with Crippen molar-refractivity contribution in [2.75, 3.05) is 14.2 Å². The number of methoxy groups -OCH3 is 2. The Morgan fingerprint density at radius 1 is 1.30 bits per heavy atom. The molecule has 0 bridgehead atoms. The molecule has 1 aromatic heterocycles. The summed E-state index contributed by atoms with van der Waals surface area (Å²) in [4.78, 5) is 19.0. The fourth-order valence-electron chi connectivity index (χ4n) is 1.63. The van der Waals surface area contributed by atoms with Gasteiger partial charge in [0, 0.05) is 6.07 Å². The molecule has 104 valence electrons. The highest BCUT2D eigenvalue weighted by molar-refractivity contribution is 6.33. The zero-order chi connectivity index (χ0) is 14.7. The Morgan fingerprint density at radius 2 is 2.05 bits per heavy atom. The van der Waals surface area contributed by atoms with Gasteiger partial charge < -0.3 is 14.6 Å². The highest BCUT2D eigenvalue weighted by atomic mass is 35.5. The van der Waals surface area contributed by atoms with Crippen molar-refractivity contribution in [2.24, 2.45) is 0 Å². The lowest BCUT2D eigenvalue weighted by Gasteiger charge is -2.10. The first-order chi connectivity index (χ1) is 9.56. The highest BCUT2D eigenvalue weighted by Crippen LogP contribution is 2.31. The molecular weight excluding hydrogens is 284 g/mol. The van der Waals surface area contributed by atoms with E-state index in [9.17, 15) is 4.79 Å². The van der Waals surface area contributed by atoms with E-state index in [0.29, 0.717) is 17.1 Å². The third-order valence-corrected chi connectivity index (χ3v) is 2.87. The first kappa shape index (κ1) is 14.1. The van der Waals surface area contributed by atoms with Crippen LogP contribution in [0.15, 0.2) is 24.4 Å². The van der Waals surface area contributed by atoms with Crippen LogP contribution in [0.3, 0.4) is 0 Å². The SMILES string of the molecule is COc1ccc(-c2ncc(Cl)c(C(=O)O)n2)c(OC)c1. The van der Waals surface area contributed by atoms with Gasteiger partial charge in [-0.3, -0.25) is 0 Å². The number of rotatable bonds is 4. The maximum absolute atomic E-state index is 11.0. The number of aromatic carboxylic acids is 1. The lowest BCUT2D eigenvalue weighted by Crippen LogP contribution is -2.04. The second-order valence-corrected chi connectivity index (χ2v) is 4.17. The van der Waals surface area contributed by atoms with Crippen molar-refractivity contribution in [1.29, 1.82) is 0 Å². The molecule has 1 aromatic carbocycles. The molecule has 0 amide bonds. The third-order valence-electron chi connectivity index (χ3n) is 2.60. The van der Waals surface area contributed by atoms with Crippen LogP contribution in [0.2, 0.25) is 5.02 Å². The van der Waals surface area contributed by atoms with E-state index in [0.717, 1.165) is 0 Å². The van der Waals surface area contributed by atoms with Gasteiger partial charge in [0.05, 0.1) is 31.0 Å². The first-order valence-electron chi connectivity index (χ1n) is 5.55. The minimum atomic E-state index is -1.22. The molecule has 2 rings (SSSR count). The van der Waals surface area contributed by atoms with Crippen LogP contribution in [-0.2, 0) is 0 Å². The monoisotopic (exact) mass is 294 g/mol. The van der Waals surface area contributed by atoms with Gasteiger partial charge in [-0.05, 0) is 12.1 Å². The Labute approximate surface area is 120 Å². The smallest absolute Gasteiger partial charge is 0.356 e. The Kier molecular flexibility index (Phi) is 4.05. The zero-order valence-corrected chi connectivity index (χ0v) is 11.5. The van der Waals surface area contributed by atoms with Gasteiger partial charge in [0.25, 0.3) is 0 Å². The maximum atomic E-state index is 11.0. The average Bonchev–Trinajstić information content (AvgIpc) is 2.46. The largest absolute Gasteiger partial charge is 0.497 e. The predicted octanol–water partition coefficient (Wildman–Crippen LogP) is 2.51. The Bertz CT molecular complexity index is 661. The number of ether oxygens (including phenoxy) is 2. The number of benzene rings is 1. The molecule has 0 saturated carbocycles. The van der Waals surface area contributed by atoms with Crippen LogP contribution in [0, 0.1) is 0 Å². The number of halogens is 1. The summed E-state index contributed by atoms with van der Waals surface area (Å²) >= 11 is 5.74. The molecule has 0 fully saturated rings. The van der Waals surface area contributed by atoms with Gasteiger partial charge in [-0.25, -0.2) is 14.8 Å². The van der Waals surface area contributed by atoms with E-state index in [1.54, 1.807) is 18.2 Å². The number of hydrogen-bond acceptors (Lipinski definition) is 5. The molecule has 0 atom stereocenters. The molecule has 0 aliphatic carbocycles. The molecule has 0 spiro atoms. The minimum Gasteiger partial charge on any atom is -0.497 e. The topological polar surface area (TPSA) is 81.5 Å². The van der Waals surface area contributed by atoms with Crippen LogP contribution in [0.4, 0.5) is 0 Å². The van der Waals surface area contributed by atoms with E-state index in [2.05, 4.69) is 9.97 Å². The molecule has 0 aliphatic rings. The molecule has 6 nitrogen and oxygen atoms in total. The van der Waals surface area contributed by atoms with E-state index in [-0.39, 0.29) is 16.5 Å². The van der Waals surface area contributed by atoms with Gasteiger partial charge in [-0.15, -0.1) is 0 Å². The summed E-state index contributed by atoms with van der Waals surface area (Å²) in [6, 6.07) is 5.05. The molecule has 0 radical (unpaired) electrons. The third kappa shape index (κ3) is 2.65. The van der Waals surface area contributed by atoms with Gasteiger partial charge >= 0.3 is 5.97 Å². The van der Waals surface area contributed by atoms with E-state index in [1.807, 2.05) is 0 Å². The van der Waals surface area contributed by atoms with Crippen LogP contribution in [0.25, 0.3) is 11.4 Å². The first-order valence-corrected chi connectivity index (χ1v) is 5.93. The molecular formula is C13H11ClN2O4. The molecule has 1 N–H and O–H groups in total. The normalized spacial score (nSPS) is 10.2. The van der Waals surface area contributed by atoms with Crippen LogP contribution < -0.4 is 9.47 Å². The number of carbonyl (C=O) groups is 1. The Morgan fingerprint density at radius 3 is 2.65 bits per heavy atom. The van der Waals surface area contributed by atoms with Crippen LogP contribution in [-0.4, -0.2) is 35.3 Å². The number of hydrogen-bond donors (Lipinski definition) is 1. The van der Waals surface area contributed by atoms with E-state index in [4.69, 9.17) is 26.2 Å². The van der Waals surface area contributed by atoms with Crippen molar-refractivity contribution >= 4 is 17.6 Å².